The number of nitrogens with zero attached hydrogens (tertiary/aromatic N) is 3. The molecule has 0 saturated carbocycles. The third-order valence-electron chi connectivity index (χ3n) is 2.96. The first-order valence-electron chi connectivity index (χ1n) is 6.36. The van der Waals surface area contributed by atoms with Gasteiger partial charge in [0, 0.05) is 24.4 Å². The second-order valence-electron chi connectivity index (χ2n) is 4.72. The molecule has 1 saturated heterocycles. The van der Waals surface area contributed by atoms with Gasteiger partial charge in [-0.2, -0.15) is 4.37 Å². The quantitative estimate of drug-likeness (QED) is 0.775. The van der Waals surface area contributed by atoms with Crippen molar-refractivity contribution in [3.63, 3.8) is 0 Å². The van der Waals surface area contributed by atoms with Crippen molar-refractivity contribution in [3.8, 4) is 0 Å². The zero-order chi connectivity index (χ0) is 15.6. The van der Waals surface area contributed by atoms with Gasteiger partial charge < -0.3 is 0 Å². The Labute approximate surface area is 124 Å². The molecule has 3 amide bonds. The number of Topliss-reactive ketones (excluding diaryl/α,β-unsaturated/α-hetero) is 1. The second-order valence-corrected chi connectivity index (χ2v) is 5.47. The predicted molar refractivity (Wildman–Crippen MR) is 73.5 cm³/mol. The molecule has 0 aliphatic carbocycles. The van der Waals surface area contributed by atoms with Crippen molar-refractivity contribution < 1.29 is 19.2 Å². The highest BCUT2D eigenvalue weighted by molar-refractivity contribution is 7.09. The number of amides is 3. The Hall–Kier alpha value is -2.16. The van der Waals surface area contributed by atoms with Gasteiger partial charge in [0.05, 0.1) is 6.42 Å². The highest BCUT2D eigenvalue weighted by Crippen LogP contribution is 2.17. The van der Waals surface area contributed by atoms with Crippen molar-refractivity contribution in [2.24, 2.45) is 0 Å². The molecule has 8 nitrogen and oxygen atoms in total. The van der Waals surface area contributed by atoms with Crippen LogP contribution in [-0.2, 0) is 25.6 Å². The molecule has 2 rings (SSSR count). The summed E-state index contributed by atoms with van der Waals surface area (Å²) >= 11 is 0.948. The van der Waals surface area contributed by atoms with Gasteiger partial charge >= 0.3 is 0 Å². The van der Waals surface area contributed by atoms with E-state index in [9.17, 15) is 19.2 Å². The van der Waals surface area contributed by atoms with Crippen LogP contribution in [0.3, 0.4) is 0 Å². The Morgan fingerprint density at radius 1 is 1.33 bits per heavy atom. The van der Waals surface area contributed by atoms with Gasteiger partial charge in [-0.3, -0.25) is 29.4 Å². The fourth-order valence-corrected chi connectivity index (χ4v) is 2.54. The molecule has 1 aromatic rings. The predicted octanol–water partition coefficient (Wildman–Crippen LogP) is 0.146. The number of aromatic nitrogens is 2. The molecule has 1 aromatic heterocycles. The molecule has 112 valence electrons. The maximum absolute atomic E-state index is 12.0. The van der Waals surface area contributed by atoms with E-state index in [1.165, 1.54) is 13.8 Å². The minimum atomic E-state index is -0.896. The monoisotopic (exact) mass is 310 g/mol. The van der Waals surface area contributed by atoms with Gasteiger partial charge in [-0.25, -0.2) is 4.98 Å². The van der Waals surface area contributed by atoms with Crippen LogP contribution in [0, 0.1) is 0 Å². The standard InChI is InChI=1S/C12H14N4O4S/c1-6(17)5-8-13-12(21-15-8)14-11(20)7(2)16-9(18)3-4-10(16)19/h7H,3-5H2,1-2H3,(H,13,14,15,20)/t7-/m0/s1. The molecule has 1 aliphatic heterocycles. The maximum Gasteiger partial charge on any atom is 0.249 e. The lowest BCUT2D eigenvalue weighted by molar-refractivity contribution is -0.144. The number of likely N-dealkylation sites (tertiary alicyclic amines) is 1. The molecule has 0 bridgehead atoms. The molecule has 0 spiro atoms. The summed E-state index contributed by atoms with van der Waals surface area (Å²) in [6.45, 7) is 2.90. The van der Waals surface area contributed by atoms with Gasteiger partial charge in [0.2, 0.25) is 22.9 Å². The molecule has 2 heterocycles. The van der Waals surface area contributed by atoms with E-state index in [2.05, 4.69) is 14.7 Å². The molecular weight excluding hydrogens is 296 g/mol. The lowest BCUT2D eigenvalue weighted by Gasteiger charge is -2.20. The van der Waals surface area contributed by atoms with E-state index in [-0.39, 0.29) is 42.0 Å². The van der Waals surface area contributed by atoms with E-state index < -0.39 is 11.9 Å². The molecule has 9 heteroatoms. The van der Waals surface area contributed by atoms with Gasteiger partial charge in [0.15, 0.2) is 5.82 Å². The Morgan fingerprint density at radius 2 is 1.95 bits per heavy atom. The Bertz CT molecular complexity index is 596. The summed E-state index contributed by atoms with van der Waals surface area (Å²) in [5, 5.41) is 2.74. The summed E-state index contributed by atoms with van der Waals surface area (Å²) in [5.74, 6) is -0.949. The summed E-state index contributed by atoms with van der Waals surface area (Å²) < 4.78 is 3.94. The van der Waals surface area contributed by atoms with Crippen LogP contribution in [0.15, 0.2) is 0 Å². The molecule has 0 unspecified atom stereocenters. The summed E-state index contributed by atoms with van der Waals surface area (Å²) in [5.41, 5.74) is 0. The number of nitrogens with one attached hydrogen (secondary N) is 1. The van der Waals surface area contributed by atoms with Crippen LogP contribution < -0.4 is 5.32 Å². The lowest BCUT2D eigenvalue weighted by atomic mass is 10.3. The van der Waals surface area contributed by atoms with E-state index >= 15 is 0 Å². The van der Waals surface area contributed by atoms with E-state index in [0.717, 1.165) is 16.4 Å². The Balaban J connectivity index is 2.00. The van der Waals surface area contributed by atoms with Crippen LogP contribution in [0.2, 0.25) is 0 Å². The van der Waals surface area contributed by atoms with Crippen LogP contribution >= 0.6 is 11.5 Å². The van der Waals surface area contributed by atoms with Gasteiger partial charge in [0.1, 0.15) is 11.8 Å². The highest BCUT2D eigenvalue weighted by Gasteiger charge is 2.36. The SMILES string of the molecule is CC(=O)Cc1nsc(NC(=O)[C@H](C)N2C(=O)CCC2=O)n1. The number of ketones is 1. The molecule has 1 atom stereocenters. The second kappa shape index (κ2) is 6.08. The summed E-state index contributed by atoms with van der Waals surface area (Å²) in [6.07, 6.45) is 0.376. The van der Waals surface area contributed by atoms with Crippen molar-refractivity contribution in [3.05, 3.63) is 5.82 Å². The van der Waals surface area contributed by atoms with Crippen molar-refractivity contribution >= 4 is 40.2 Å². The topological polar surface area (TPSA) is 109 Å². The first-order valence-corrected chi connectivity index (χ1v) is 7.13. The number of hydrogen-bond acceptors (Lipinski definition) is 7. The van der Waals surface area contributed by atoms with Gasteiger partial charge in [-0.15, -0.1) is 0 Å². The highest BCUT2D eigenvalue weighted by atomic mass is 32.1. The average Bonchev–Trinajstić information content (AvgIpc) is 2.95. The van der Waals surface area contributed by atoms with Gasteiger partial charge in [-0.1, -0.05) is 0 Å². The van der Waals surface area contributed by atoms with Crippen LogP contribution in [-0.4, -0.2) is 43.8 Å². The Morgan fingerprint density at radius 3 is 2.52 bits per heavy atom. The van der Waals surface area contributed by atoms with Gasteiger partial charge in [0.25, 0.3) is 0 Å². The van der Waals surface area contributed by atoms with Crippen molar-refractivity contribution in [1.29, 1.82) is 0 Å². The fraction of sp³-hybridized carbons (Fsp3) is 0.500. The first-order chi connectivity index (χ1) is 9.88. The van der Waals surface area contributed by atoms with Crippen molar-refractivity contribution in [1.82, 2.24) is 14.3 Å². The van der Waals surface area contributed by atoms with E-state index in [0.29, 0.717) is 5.82 Å². The van der Waals surface area contributed by atoms with Crippen molar-refractivity contribution in [2.45, 2.75) is 39.2 Å². The fourth-order valence-electron chi connectivity index (χ4n) is 1.95. The molecule has 1 fully saturated rings. The number of carbonyl (C=O) groups is 4. The number of rotatable bonds is 5. The van der Waals surface area contributed by atoms with E-state index in [1.54, 1.807) is 0 Å². The third-order valence-corrected chi connectivity index (χ3v) is 3.63. The van der Waals surface area contributed by atoms with Crippen LogP contribution in [0.4, 0.5) is 5.13 Å². The number of anilines is 1. The smallest absolute Gasteiger partial charge is 0.249 e. The van der Waals surface area contributed by atoms with Crippen LogP contribution in [0.1, 0.15) is 32.5 Å². The number of hydrogen-bond donors (Lipinski definition) is 1. The zero-order valence-corrected chi connectivity index (χ0v) is 12.4. The van der Waals surface area contributed by atoms with Crippen molar-refractivity contribution in [2.75, 3.05) is 5.32 Å². The summed E-state index contributed by atoms with van der Waals surface area (Å²) in [4.78, 5) is 51.1. The molecular formula is C12H14N4O4S. The van der Waals surface area contributed by atoms with Crippen LogP contribution in [0.25, 0.3) is 0 Å². The van der Waals surface area contributed by atoms with Gasteiger partial charge in [-0.05, 0) is 13.8 Å². The molecule has 0 aromatic carbocycles. The third kappa shape index (κ3) is 3.48. The molecule has 1 aliphatic rings. The first kappa shape index (κ1) is 15.2. The molecule has 21 heavy (non-hydrogen) atoms. The summed E-state index contributed by atoms with van der Waals surface area (Å²) in [6, 6.07) is -0.896. The lowest BCUT2D eigenvalue weighted by Crippen LogP contribution is -2.44. The summed E-state index contributed by atoms with van der Waals surface area (Å²) in [7, 11) is 0. The number of carbonyl (C=O) groups excluding carboxylic acids is 4. The largest absolute Gasteiger partial charge is 0.300 e. The minimum absolute atomic E-state index is 0.0766. The zero-order valence-electron chi connectivity index (χ0n) is 11.6. The molecule has 1 N–H and O–H groups in total. The molecule has 0 radical (unpaired) electrons. The van der Waals surface area contributed by atoms with Crippen LogP contribution in [0.5, 0.6) is 0 Å². The average molecular weight is 310 g/mol. The number of imide groups is 1. The normalized spacial score (nSPS) is 16.2. The van der Waals surface area contributed by atoms with E-state index in [1.807, 2.05) is 0 Å². The van der Waals surface area contributed by atoms with E-state index in [4.69, 9.17) is 0 Å². The Kier molecular flexibility index (Phi) is 4.41. The minimum Gasteiger partial charge on any atom is -0.300 e. The maximum atomic E-state index is 12.0.